The fraction of sp³-hybridized carbons (Fsp3) is 0.350. The first kappa shape index (κ1) is 16.4. The van der Waals surface area contributed by atoms with E-state index >= 15 is 0 Å². The maximum Gasteiger partial charge on any atom is 0.227 e. The Kier molecular flexibility index (Phi) is 5.36. The van der Waals surface area contributed by atoms with Crippen molar-refractivity contribution in [3.05, 3.63) is 54.1 Å². The second-order valence-corrected chi connectivity index (χ2v) is 6.11. The highest BCUT2D eigenvalue weighted by Gasteiger charge is 2.29. The number of nitrogens with one attached hydrogen (secondary N) is 1. The van der Waals surface area contributed by atoms with Gasteiger partial charge in [0.2, 0.25) is 5.91 Å². The minimum absolute atomic E-state index is 0.110. The van der Waals surface area contributed by atoms with Gasteiger partial charge in [0.25, 0.3) is 0 Å². The molecule has 0 aliphatic heterocycles. The predicted octanol–water partition coefficient (Wildman–Crippen LogP) is 4.19. The van der Waals surface area contributed by atoms with Crippen molar-refractivity contribution < 1.29 is 14.3 Å². The van der Waals surface area contributed by atoms with Gasteiger partial charge < -0.3 is 14.8 Å². The minimum Gasteiger partial charge on any atom is -0.493 e. The van der Waals surface area contributed by atoms with Crippen LogP contribution in [-0.2, 0) is 4.79 Å². The van der Waals surface area contributed by atoms with Crippen LogP contribution in [0.2, 0.25) is 0 Å². The van der Waals surface area contributed by atoms with E-state index in [1.165, 1.54) is 0 Å². The van der Waals surface area contributed by atoms with Crippen molar-refractivity contribution in [1.82, 2.24) is 0 Å². The van der Waals surface area contributed by atoms with Crippen molar-refractivity contribution in [1.29, 1.82) is 0 Å². The third-order valence-electron chi connectivity index (χ3n) is 3.96. The molecule has 1 fully saturated rings. The number of rotatable bonds is 8. The largest absolute Gasteiger partial charge is 0.493 e. The number of anilines is 1. The second-order valence-electron chi connectivity index (χ2n) is 6.11. The normalized spacial score (nSPS) is 13.4. The molecule has 1 saturated carbocycles. The van der Waals surface area contributed by atoms with Crippen molar-refractivity contribution in [2.45, 2.75) is 26.2 Å². The number of benzene rings is 2. The van der Waals surface area contributed by atoms with Crippen LogP contribution < -0.4 is 14.8 Å². The lowest BCUT2D eigenvalue weighted by Crippen LogP contribution is -2.13. The van der Waals surface area contributed by atoms with Crippen molar-refractivity contribution in [3.63, 3.8) is 0 Å². The monoisotopic (exact) mass is 325 g/mol. The van der Waals surface area contributed by atoms with E-state index in [1.807, 2.05) is 55.5 Å². The zero-order valence-electron chi connectivity index (χ0n) is 14.0. The van der Waals surface area contributed by atoms with Crippen LogP contribution >= 0.6 is 0 Å². The van der Waals surface area contributed by atoms with Crippen LogP contribution in [0.5, 0.6) is 11.5 Å². The summed E-state index contributed by atoms with van der Waals surface area (Å²) in [6.45, 7) is 3.22. The Morgan fingerprint density at radius 1 is 1.08 bits per heavy atom. The number of ether oxygens (including phenoxy) is 2. The number of carbonyl (C=O) groups is 1. The first-order valence-corrected chi connectivity index (χ1v) is 8.44. The van der Waals surface area contributed by atoms with E-state index in [4.69, 9.17) is 9.47 Å². The smallest absolute Gasteiger partial charge is 0.227 e. The van der Waals surface area contributed by atoms with Gasteiger partial charge >= 0.3 is 0 Å². The molecule has 1 amide bonds. The summed E-state index contributed by atoms with van der Waals surface area (Å²) in [5.41, 5.74) is 1.93. The first-order chi connectivity index (χ1) is 11.7. The zero-order chi connectivity index (χ0) is 16.8. The van der Waals surface area contributed by atoms with Crippen molar-refractivity contribution in [2.75, 3.05) is 18.5 Å². The molecule has 24 heavy (non-hydrogen) atoms. The maximum absolute atomic E-state index is 11.8. The Balaban J connectivity index is 1.40. The Bertz CT molecular complexity index is 695. The molecule has 0 heterocycles. The van der Waals surface area contributed by atoms with E-state index in [1.54, 1.807) is 0 Å². The van der Waals surface area contributed by atoms with Gasteiger partial charge in [-0.05, 0) is 43.5 Å². The molecule has 126 valence electrons. The van der Waals surface area contributed by atoms with Crippen molar-refractivity contribution in [2.24, 2.45) is 5.92 Å². The maximum atomic E-state index is 11.8. The van der Waals surface area contributed by atoms with Gasteiger partial charge in [-0.15, -0.1) is 0 Å². The van der Waals surface area contributed by atoms with Crippen LogP contribution in [0.1, 0.15) is 24.8 Å². The van der Waals surface area contributed by atoms with Crippen LogP contribution in [0.15, 0.2) is 48.5 Å². The van der Waals surface area contributed by atoms with Crippen LogP contribution in [-0.4, -0.2) is 19.1 Å². The van der Waals surface area contributed by atoms with Gasteiger partial charge in [0, 0.05) is 24.1 Å². The van der Waals surface area contributed by atoms with Gasteiger partial charge in [-0.2, -0.15) is 0 Å². The average molecular weight is 325 g/mol. The molecule has 0 atom stereocenters. The van der Waals surface area contributed by atoms with Crippen LogP contribution in [0.25, 0.3) is 0 Å². The highest BCUT2D eigenvalue weighted by Crippen LogP contribution is 2.30. The van der Waals surface area contributed by atoms with E-state index in [-0.39, 0.29) is 11.8 Å². The number of carbonyl (C=O) groups excluding carboxylic acids is 1. The van der Waals surface area contributed by atoms with E-state index in [9.17, 15) is 4.79 Å². The number of hydrogen-bond donors (Lipinski definition) is 1. The Morgan fingerprint density at radius 2 is 1.88 bits per heavy atom. The lowest BCUT2D eigenvalue weighted by Gasteiger charge is -2.11. The molecule has 0 bridgehead atoms. The lowest BCUT2D eigenvalue weighted by molar-refractivity contribution is -0.117. The molecule has 3 rings (SSSR count). The third-order valence-corrected chi connectivity index (χ3v) is 3.96. The van der Waals surface area contributed by atoms with Crippen LogP contribution in [0.3, 0.4) is 0 Å². The van der Waals surface area contributed by atoms with E-state index in [2.05, 4.69) is 5.32 Å². The molecule has 1 aliphatic rings. The molecular weight excluding hydrogens is 302 g/mol. The topological polar surface area (TPSA) is 47.6 Å². The molecule has 0 saturated heterocycles. The number of para-hydroxylation sites is 1. The standard InChI is InChI=1S/C20H23NO3/c1-15-6-2-3-9-19(15)24-13-5-12-23-18-8-4-7-17(14-18)21-20(22)16-10-11-16/h2-4,6-9,14,16H,5,10-13H2,1H3,(H,21,22). The van der Waals surface area contributed by atoms with Gasteiger partial charge in [-0.3, -0.25) is 4.79 Å². The summed E-state index contributed by atoms with van der Waals surface area (Å²) >= 11 is 0. The molecule has 1 aliphatic carbocycles. The number of hydrogen-bond acceptors (Lipinski definition) is 3. The molecular formula is C20H23NO3. The van der Waals surface area contributed by atoms with Crippen molar-refractivity contribution in [3.8, 4) is 11.5 Å². The first-order valence-electron chi connectivity index (χ1n) is 8.44. The molecule has 4 heteroatoms. The molecule has 1 N–H and O–H groups in total. The number of aryl methyl sites for hydroxylation is 1. The Morgan fingerprint density at radius 3 is 2.67 bits per heavy atom. The predicted molar refractivity (Wildman–Crippen MR) is 94.6 cm³/mol. The molecule has 4 nitrogen and oxygen atoms in total. The van der Waals surface area contributed by atoms with Crippen molar-refractivity contribution >= 4 is 11.6 Å². The summed E-state index contributed by atoms with van der Waals surface area (Å²) in [5.74, 6) is 1.99. The van der Waals surface area contributed by atoms with Gasteiger partial charge in [0.05, 0.1) is 13.2 Å². The highest BCUT2D eigenvalue weighted by atomic mass is 16.5. The Hall–Kier alpha value is -2.49. The van der Waals surface area contributed by atoms with Gasteiger partial charge in [0.15, 0.2) is 0 Å². The fourth-order valence-corrected chi connectivity index (χ4v) is 2.40. The third kappa shape index (κ3) is 4.75. The molecule has 2 aromatic rings. The molecule has 0 radical (unpaired) electrons. The molecule has 0 spiro atoms. The molecule has 2 aromatic carbocycles. The second kappa shape index (κ2) is 7.86. The lowest BCUT2D eigenvalue weighted by atomic mass is 10.2. The van der Waals surface area contributed by atoms with Gasteiger partial charge in [0.1, 0.15) is 11.5 Å². The van der Waals surface area contributed by atoms with E-state index in [0.717, 1.165) is 42.0 Å². The molecule has 0 unspecified atom stereocenters. The zero-order valence-corrected chi connectivity index (χ0v) is 14.0. The average Bonchev–Trinajstić information content (AvgIpc) is 3.41. The summed E-state index contributed by atoms with van der Waals surface area (Å²) in [7, 11) is 0. The van der Waals surface area contributed by atoms with Crippen LogP contribution in [0, 0.1) is 12.8 Å². The highest BCUT2D eigenvalue weighted by molar-refractivity contribution is 5.94. The fourth-order valence-electron chi connectivity index (χ4n) is 2.40. The number of amides is 1. The quantitative estimate of drug-likeness (QED) is 0.740. The summed E-state index contributed by atoms with van der Waals surface area (Å²) in [5, 5.41) is 2.93. The van der Waals surface area contributed by atoms with E-state index in [0.29, 0.717) is 13.2 Å². The van der Waals surface area contributed by atoms with Gasteiger partial charge in [-0.1, -0.05) is 24.3 Å². The minimum atomic E-state index is 0.110. The summed E-state index contributed by atoms with van der Waals surface area (Å²) < 4.78 is 11.5. The van der Waals surface area contributed by atoms with Gasteiger partial charge in [-0.25, -0.2) is 0 Å². The van der Waals surface area contributed by atoms with E-state index < -0.39 is 0 Å². The Labute approximate surface area is 142 Å². The summed E-state index contributed by atoms with van der Waals surface area (Å²) in [4.78, 5) is 11.8. The summed E-state index contributed by atoms with van der Waals surface area (Å²) in [6, 6.07) is 15.5. The van der Waals surface area contributed by atoms with Crippen LogP contribution in [0.4, 0.5) is 5.69 Å². The summed E-state index contributed by atoms with van der Waals surface area (Å²) in [6.07, 6.45) is 2.80. The molecule has 0 aromatic heterocycles. The SMILES string of the molecule is Cc1ccccc1OCCCOc1cccc(NC(=O)C2CC2)c1.